The molecule has 0 aliphatic carbocycles. The van der Waals surface area contributed by atoms with E-state index in [2.05, 4.69) is 4.90 Å². The van der Waals surface area contributed by atoms with Crippen LogP contribution < -0.4 is 11.5 Å². The molecule has 1 heterocycles. The Kier molecular flexibility index (Phi) is 3.12. The van der Waals surface area contributed by atoms with Crippen LogP contribution in [0.15, 0.2) is 0 Å². The first-order chi connectivity index (χ1) is 4.83. The molecule has 0 spiro atoms. The molecular formula is C7H16N3. The summed E-state index contributed by atoms with van der Waals surface area (Å²) in [4.78, 5) is 2.32. The fraction of sp³-hybridized carbons (Fsp3) is 1.00. The zero-order valence-electron chi connectivity index (χ0n) is 6.34. The standard InChI is InChI=1S/C7H16N3/c8-3-6-10-4-1-7(9)2-5-10/h7-8H,1-6,9H2. The van der Waals surface area contributed by atoms with Gasteiger partial charge in [-0.3, -0.25) is 5.73 Å². The zero-order chi connectivity index (χ0) is 7.40. The molecule has 0 aromatic carbocycles. The third kappa shape index (κ3) is 2.25. The summed E-state index contributed by atoms with van der Waals surface area (Å²) in [6.07, 6.45) is 2.22. The lowest BCUT2D eigenvalue weighted by molar-refractivity contribution is 0.218. The summed E-state index contributed by atoms with van der Waals surface area (Å²) in [5.74, 6) is 0. The molecule has 59 valence electrons. The number of piperidine rings is 1. The molecule has 0 aromatic heterocycles. The molecule has 3 heteroatoms. The smallest absolute Gasteiger partial charge is 0.0228 e. The lowest BCUT2D eigenvalue weighted by Crippen LogP contribution is -2.40. The van der Waals surface area contributed by atoms with E-state index in [-0.39, 0.29) is 0 Å². The number of hydrogen-bond donors (Lipinski definition) is 1. The first-order valence-corrected chi connectivity index (χ1v) is 3.95. The number of nitrogens with two attached hydrogens (primary N) is 1. The van der Waals surface area contributed by atoms with E-state index in [0.717, 1.165) is 32.5 Å². The first-order valence-electron chi connectivity index (χ1n) is 3.95. The van der Waals surface area contributed by atoms with Gasteiger partial charge in [-0.15, -0.1) is 0 Å². The average Bonchev–Trinajstić information content (AvgIpc) is 1.95. The van der Waals surface area contributed by atoms with Crippen LogP contribution in [-0.4, -0.2) is 37.1 Å². The second kappa shape index (κ2) is 3.91. The van der Waals surface area contributed by atoms with Gasteiger partial charge in [0.2, 0.25) is 0 Å². The molecule has 1 rings (SSSR count). The quantitative estimate of drug-likeness (QED) is 0.575. The zero-order valence-corrected chi connectivity index (χ0v) is 6.34. The Bertz CT molecular complexity index is 86.9. The van der Waals surface area contributed by atoms with E-state index in [1.807, 2.05) is 0 Å². The van der Waals surface area contributed by atoms with Crippen molar-refractivity contribution >= 4 is 0 Å². The van der Waals surface area contributed by atoms with E-state index < -0.39 is 0 Å². The van der Waals surface area contributed by atoms with E-state index in [1.54, 1.807) is 0 Å². The van der Waals surface area contributed by atoms with Gasteiger partial charge in [-0.05, 0) is 25.9 Å². The predicted octanol–water partition coefficient (Wildman–Crippen LogP) is -0.308. The molecule has 0 saturated carbocycles. The van der Waals surface area contributed by atoms with Crippen LogP contribution >= 0.6 is 0 Å². The average molecular weight is 142 g/mol. The molecule has 0 unspecified atom stereocenters. The Balaban J connectivity index is 2.13. The second-order valence-electron chi connectivity index (χ2n) is 2.93. The van der Waals surface area contributed by atoms with Crippen molar-refractivity contribution in [2.75, 3.05) is 26.2 Å². The molecule has 10 heavy (non-hydrogen) atoms. The monoisotopic (exact) mass is 142 g/mol. The molecule has 1 aliphatic rings. The van der Waals surface area contributed by atoms with Gasteiger partial charge in [-0.2, -0.15) is 0 Å². The number of likely N-dealkylation sites (tertiary alicyclic amines) is 1. The lowest BCUT2D eigenvalue weighted by atomic mass is 10.1. The van der Waals surface area contributed by atoms with Crippen molar-refractivity contribution in [1.29, 1.82) is 0 Å². The highest BCUT2D eigenvalue weighted by Gasteiger charge is 2.14. The Hall–Kier alpha value is -0.120. The maximum Gasteiger partial charge on any atom is 0.0228 e. The van der Waals surface area contributed by atoms with Crippen molar-refractivity contribution in [3.63, 3.8) is 0 Å². The Morgan fingerprint density at radius 2 is 2.00 bits per heavy atom. The largest absolute Gasteiger partial charge is 0.328 e. The van der Waals surface area contributed by atoms with Crippen molar-refractivity contribution in [2.45, 2.75) is 18.9 Å². The highest BCUT2D eigenvalue weighted by atomic mass is 15.1. The molecule has 3 nitrogen and oxygen atoms in total. The van der Waals surface area contributed by atoms with Crippen LogP contribution in [0.5, 0.6) is 0 Å². The van der Waals surface area contributed by atoms with Crippen LogP contribution in [0.2, 0.25) is 0 Å². The molecule has 3 N–H and O–H groups in total. The molecule has 1 aliphatic heterocycles. The molecule has 1 saturated heterocycles. The minimum atomic E-state index is 0.419. The topological polar surface area (TPSA) is 53.1 Å². The summed E-state index contributed by atoms with van der Waals surface area (Å²) in [6.45, 7) is 3.64. The van der Waals surface area contributed by atoms with E-state index in [0.29, 0.717) is 12.6 Å². The molecule has 0 aromatic rings. The lowest BCUT2D eigenvalue weighted by Gasteiger charge is -2.29. The van der Waals surface area contributed by atoms with E-state index in [4.69, 9.17) is 11.5 Å². The fourth-order valence-corrected chi connectivity index (χ4v) is 1.33. The predicted molar refractivity (Wildman–Crippen MR) is 41.6 cm³/mol. The van der Waals surface area contributed by atoms with Crippen molar-refractivity contribution in [1.82, 2.24) is 10.6 Å². The number of hydrogen-bond acceptors (Lipinski definition) is 2. The highest BCUT2D eigenvalue weighted by molar-refractivity contribution is 4.73. The van der Waals surface area contributed by atoms with Gasteiger partial charge in [0.1, 0.15) is 0 Å². The molecular weight excluding hydrogens is 126 g/mol. The third-order valence-corrected chi connectivity index (χ3v) is 2.06. The molecule has 0 atom stereocenters. The summed E-state index contributed by atoms with van der Waals surface area (Å²) >= 11 is 0. The summed E-state index contributed by atoms with van der Waals surface area (Å²) in [5.41, 5.74) is 12.7. The van der Waals surface area contributed by atoms with Gasteiger partial charge in [-0.1, -0.05) is 0 Å². The van der Waals surface area contributed by atoms with Gasteiger partial charge < -0.3 is 10.6 Å². The van der Waals surface area contributed by atoms with Gasteiger partial charge in [0.05, 0.1) is 0 Å². The van der Waals surface area contributed by atoms with Gasteiger partial charge in [-0.25, -0.2) is 0 Å². The van der Waals surface area contributed by atoms with Crippen molar-refractivity contribution < 1.29 is 0 Å². The van der Waals surface area contributed by atoms with Gasteiger partial charge >= 0.3 is 0 Å². The molecule has 0 amide bonds. The maximum atomic E-state index is 7.02. The second-order valence-corrected chi connectivity index (χ2v) is 2.93. The van der Waals surface area contributed by atoms with Crippen LogP contribution in [0.4, 0.5) is 0 Å². The van der Waals surface area contributed by atoms with E-state index in [9.17, 15) is 0 Å². The SMILES string of the molecule is [NH]CCN1CCC(N)CC1. The fourth-order valence-electron chi connectivity index (χ4n) is 1.33. The van der Waals surface area contributed by atoms with E-state index >= 15 is 0 Å². The van der Waals surface area contributed by atoms with Crippen LogP contribution in [0.25, 0.3) is 0 Å². The number of nitrogens with zero attached hydrogens (tertiary/aromatic N) is 1. The minimum absolute atomic E-state index is 0.419. The maximum absolute atomic E-state index is 7.02. The van der Waals surface area contributed by atoms with Crippen molar-refractivity contribution in [3.05, 3.63) is 0 Å². The Labute approximate surface area is 62.4 Å². The van der Waals surface area contributed by atoms with Crippen LogP contribution in [0.3, 0.4) is 0 Å². The normalized spacial score (nSPS) is 23.4. The Morgan fingerprint density at radius 1 is 1.40 bits per heavy atom. The van der Waals surface area contributed by atoms with Gasteiger partial charge in [0.25, 0.3) is 0 Å². The van der Waals surface area contributed by atoms with Crippen molar-refractivity contribution in [3.8, 4) is 0 Å². The number of nitrogens with one attached hydrogen (secondary N) is 1. The molecule has 1 fully saturated rings. The Morgan fingerprint density at radius 3 is 2.50 bits per heavy atom. The summed E-state index contributed by atoms with van der Waals surface area (Å²) < 4.78 is 0. The van der Waals surface area contributed by atoms with Crippen LogP contribution in [0.1, 0.15) is 12.8 Å². The summed E-state index contributed by atoms with van der Waals surface area (Å²) in [5, 5.41) is 0. The molecule has 0 bridgehead atoms. The minimum Gasteiger partial charge on any atom is -0.328 e. The summed E-state index contributed by atoms with van der Waals surface area (Å²) in [6, 6.07) is 0.419. The number of rotatable bonds is 2. The first kappa shape index (κ1) is 7.98. The van der Waals surface area contributed by atoms with Crippen LogP contribution in [0, 0.1) is 0 Å². The highest BCUT2D eigenvalue weighted by Crippen LogP contribution is 2.06. The summed E-state index contributed by atoms with van der Waals surface area (Å²) in [7, 11) is 0. The van der Waals surface area contributed by atoms with Crippen LogP contribution in [-0.2, 0) is 0 Å². The van der Waals surface area contributed by atoms with E-state index in [1.165, 1.54) is 0 Å². The molecule has 1 radical (unpaired) electrons. The van der Waals surface area contributed by atoms with Crippen molar-refractivity contribution in [2.24, 2.45) is 5.73 Å². The van der Waals surface area contributed by atoms with Gasteiger partial charge in [0, 0.05) is 19.1 Å². The van der Waals surface area contributed by atoms with Gasteiger partial charge in [0.15, 0.2) is 0 Å². The third-order valence-electron chi connectivity index (χ3n) is 2.06.